The Kier molecular flexibility index (Phi) is 4.26. The van der Waals surface area contributed by atoms with Crippen LogP contribution in [0.15, 0.2) is 0 Å². The Morgan fingerprint density at radius 3 is 2.06 bits per heavy atom. The molecule has 6 fully saturated rings. The van der Waals surface area contributed by atoms with Crippen LogP contribution in [0.3, 0.4) is 0 Å². The number of ether oxygens (including phenoxy) is 1. The second-order valence-electron chi connectivity index (χ2n) is 15.2. The van der Waals surface area contributed by atoms with Gasteiger partial charge in [0.15, 0.2) is 0 Å². The summed E-state index contributed by atoms with van der Waals surface area (Å²) in [7, 11) is 0. The molecule has 5 aliphatic carbocycles. The molecule has 11 atom stereocenters. The molecule has 176 valence electrons. The Labute approximate surface area is 192 Å². The first-order valence-corrected chi connectivity index (χ1v) is 14.1. The van der Waals surface area contributed by atoms with Crippen molar-refractivity contribution in [3.63, 3.8) is 0 Å². The average molecular weight is 427 g/mol. The second-order valence-corrected chi connectivity index (χ2v) is 15.2. The Morgan fingerprint density at radius 1 is 0.677 bits per heavy atom. The molecule has 31 heavy (non-hydrogen) atoms. The van der Waals surface area contributed by atoms with Gasteiger partial charge in [0, 0.05) is 5.41 Å². The van der Waals surface area contributed by atoms with Crippen LogP contribution in [0.5, 0.6) is 0 Å². The highest BCUT2D eigenvalue weighted by atomic mass is 16.5. The van der Waals surface area contributed by atoms with Gasteiger partial charge < -0.3 is 4.74 Å². The average Bonchev–Trinajstić information content (AvgIpc) is 3.02. The van der Waals surface area contributed by atoms with Gasteiger partial charge in [-0.25, -0.2) is 0 Å². The van der Waals surface area contributed by atoms with Crippen LogP contribution >= 0.6 is 0 Å². The normalized spacial score (nSPS) is 61.6. The third kappa shape index (κ3) is 2.25. The van der Waals surface area contributed by atoms with Gasteiger partial charge in [-0.2, -0.15) is 0 Å². The van der Waals surface area contributed by atoms with Gasteiger partial charge in [-0.15, -0.1) is 0 Å². The molecule has 1 heteroatoms. The van der Waals surface area contributed by atoms with Gasteiger partial charge in [0.1, 0.15) is 0 Å². The highest BCUT2D eigenvalue weighted by Gasteiger charge is 2.75. The molecule has 0 spiro atoms. The van der Waals surface area contributed by atoms with Crippen LogP contribution in [0.1, 0.15) is 113 Å². The van der Waals surface area contributed by atoms with Gasteiger partial charge >= 0.3 is 0 Å². The molecular weight excluding hydrogens is 376 g/mol. The van der Waals surface area contributed by atoms with Gasteiger partial charge in [-0.3, -0.25) is 0 Å². The number of hydrogen-bond acceptors (Lipinski definition) is 1. The van der Waals surface area contributed by atoms with Gasteiger partial charge in [0.25, 0.3) is 0 Å². The van der Waals surface area contributed by atoms with E-state index >= 15 is 0 Å². The van der Waals surface area contributed by atoms with Crippen molar-refractivity contribution in [3.05, 3.63) is 0 Å². The molecule has 1 aliphatic heterocycles. The minimum Gasteiger partial charge on any atom is -0.374 e. The maximum Gasteiger partial charge on any atom is 0.0643 e. The minimum absolute atomic E-state index is 0.361. The summed E-state index contributed by atoms with van der Waals surface area (Å²) in [6, 6.07) is 0. The molecule has 1 heterocycles. The van der Waals surface area contributed by atoms with E-state index in [1.807, 2.05) is 0 Å². The molecule has 1 nitrogen and oxygen atoms in total. The van der Waals surface area contributed by atoms with Crippen LogP contribution in [0.4, 0.5) is 0 Å². The lowest BCUT2D eigenvalue weighted by atomic mass is 9.30. The van der Waals surface area contributed by atoms with Crippen molar-refractivity contribution < 1.29 is 4.74 Å². The highest BCUT2D eigenvalue weighted by molar-refractivity contribution is 5.23. The fourth-order valence-corrected chi connectivity index (χ4v) is 12.6. The van der Waals surface area contributed by atoms with Gasteiger partial charge in [0.05, 0.1) is 12.2 Å². The molecule has 6 rings (SSSR count). The van der Waals surface area contributed by atoms with E-state index in [0.717, 1.165) is 35.5 Å². The lowest BCUT2D eigenvalue weighted by molar-refractivity contribution is -0.346. The van der Waals surface area contributed by atoms with Crippen molar-refractivity contribution in [1.29, 1.82) is 0 Å². The van der Waals surface area contributed by atoms with Crippen molar-refractivity contribution >= 4 is 0 Å². The Balaban J connectivity index is 1.44. The molecule has 6 aliphatic rings. The van der Waals surface area contributed by atoms with Crippen molar-refractivity contribution in [2.45, 2.75) is 125 Å². The molecule has 0 aromatic rings. The molecule has 0 radical (unpaired) electrons. The molecule has 5 saturated carbocycles. The summed E-state index contributed by atoms with van der Waals surface area (Å²) in [5.74, 6) is 5.42. The monoisotopic (exact) mass is 426 g/mol. The van der Waals surface area contributed by atoms with Gasteiger partial charge in [-0.05, 0) is 115 Å². The lowest BCUT2D eigenvalue weighted by Gasteiger charge is -2.77. The van der Waals surface area contributed by atoms with Crippen LogP contribution in [0.2, 0.25) is 0 Å². The van der Waals surface area contributed by atoms with E-state index in [1.165, 1.54) is 57.8 Å². The summed E-state index contributed by atoms with van der Waals surface area (Å²) in [5, 5.41) is 0. The standard InChI is InChI=1S/C30H50O/c1-18(2)19-11-14-27(5)20(19)12-16-29(7)21(27)9-10-22-28(6)15-13-24-26(3,4)23(28)17-25(31-24)30(22,29)8/h18-25H,9-17H2,1-8H3/t19-,20+,21-,22-,23+,24?,25?,27+,28-,29-,30+/m1/s1. The minimum atomic E-state index is 0.361. The predicted octanol–water partition coefficient (Wildman–Crippen LogP) is 8.12. The van der Waals surface area contributed by atoms with Crippen LogP contribution in [0.25, 0.3) is 0 Å². The summed E-state index contributed by atoms with van der Waals surface area (Å²) >= 11 is 0. The number of rotatable bonds is 1. The summed E-state index contributed by atoms with van der Waals surface area (Å²) < 4.78 is 7.19. The van der Waals surface area contributed by atoms with E-state index in [1.54, 1.807) is 0 Å². The fourth-order valence-electron chi connectivity index (χ4n) is 12.6. The van der Waals surface area contributed by atoms with Crippen molar-refractivity contribution in [2.75, 3.05) is 0 Å². The third-order valence-corrected chi connectivity index (χ3v) is 14.2. The largest absolute Gasteiger partial charge is 0.374 e. The molecule has 0 N–H and O–H groups in total. The van der Waals surface area contributed by atoms with E-state index in [0.29, 0.717) is 39.3 Å². The zero-order chi connectivity index (χ0) is 22.2. The maximum absolute atomic E-state index is 7.19. The van der Waals surface area contributed by atoms with E-state index in [9.17, 15) is 0 Å². The summed E-state index contributed by atoms with van der Waals surface area (Å²) in [6.07, 6.45) is 13.9. The van der Waals surface area contributed by atoms with Crippen LogP contribution < -0.4 is 0 Å². The van der Waals surface area contributed by atoms with Crippen LogP contribution in [-0.4, -0.2) is 12.2 Å². The quantitative estimate of drug-likeness (QED) is 0.411. The number of hydrogen-bond donors (Lipinski definition) is 0. The van der Waals surface area contributed by atoms with Crippen molar-refractivity contribution in [1.82, 2.24) is 0 Å². The topological polar surface area (TPSA) is 9.23 Å². The lowest BCUT2D eigenvalue weighted by Crippen LogP contribution is -2.74. The van der Waals surface area contributed by atoms with Gasteiger partial charge in [-0.1, -0.05) is 55.4 Å². The SMILES string of the molecule is CC(C)[C@H]1CC[C@]2(C)[C@H]3CC[C@@H]4[C@@]5(C)CCC6OC(C[C@H]5C6(C)C)[C@@]4(C)[C@]3(C)CC[C@@H]12. The highest BCUT2D eigenvalue weighted by Crippen LogP contribution is 2.79. The molecule has 0 aromatic carbocycles. The Morgan fingerprint density at radius 2 is 1.35 bits per heavy atom. The maximum atomic E-state index is 7.19. The van der Waals surface area contributed by atoms with E-state index in [4.69, 9.17) is 4.74 Å². The smallest absolute Gasteiger partial charge is 0.0643 e. The first kappa shape index (κ1) is 21.5. The van der Waals surface area contributed by atoms with Crippen molar-refractivity contribution in [3.8, 4) is 0 Å². The summed E-state index contributed by atoms with van der Waals surface area (Å²) in [6.45, 7) is 21.1. The van der Waals surface area contributed by atoms with Crippen LogP contribution in [0, 0.1) is 62.6 Å². The first-order chi connectivity index (χ1) is 14.4. The summed E-state index contributed by atoms with van der Waals surface area (Å²) in [4.78, 5) is 0. The summed E-state index contributed by atoms with van der Waals surface area (Å²) in [5.41, 5.74) is 2.27. The van der Waals surface area contributed by atoms with E-state index < -0.39 is 0 Å². The second kappa shape index (κ2) is 6.14. The predicted molar refractivity (Wildman–Crippen MR) is 129 cm³/mol. The van der Waals surface area contributed by atoms with Gasteiger partial charge in [0.2, 0.25) is 0 Å². The zero-order valence-electron chi connectivity index (χ0n) is 21.9. The molecule has 2 unspecified atom stereocenters. The molecule has 0 amide bonds. The number of fused-ring (bicyclic) bond motifs is 9. The zero-order valence-corrected chi connectivity index (χ0v) is 21.9. The Bertz CT molecular complexity index is 768. The molecule has 3 bridgehead atoms. The molecular formula is C30H50O. The van der Waals surface area contributed by atoms with Crippen molar-refractivity contribution in [2.24, 2.45) is 62.6 Å². The van der Waals surface area contributed by atoms with E-state index in [-0.39, 0.29) is 0 Å². The molecule has 1 saturated heterocycles. The third-order valence-electron chi connectivity index (χ3n) is 14.2. The first-order valence-electron chi connectivity index (χ1n) is 14.1. The Hall–Kier alpha value is -0.0400. The fraction of sp³-hybridized carbons (Fsp3) is 1.00. The van der Waals surface area contributed by atoms with Crippen LogP contribution in [-0.2, 0) is 4.74 Å². The van der Waals surface area contributed by atoms with E-state index in [2.05, 4.69) is 55.4 Å². The molecule has 0 aromatic heterocycles.